The number of hydrogen-bond donors (Lipinski definition) is 0. The molecule has 0 nitrogen and oxygen atoms in total. The van der Waals surface area contributed by atoms with Gasteiger partial charge in [0.15, 0.2) is 0 Å². The fraction of sp³-hybridized carbons (Fsp3) is 0.625. The summed E-state index contributed by atoms with van der Waals surface area (Å²) in [4.78, 5) is 0. The molecule has 1 rings (SSSR count). The predicted molar refractivity (Wildman–Crippen MR) is 73.4 cm³/mol. The molecule has 0 atom stereocenters. The van der Waals surface area contributed by atoms with Gasteiger partial charge in [-0.05, 0) is 72.9 Å². The summed E-state index contributed by atoms with van der Waals surface area (Å²) in [6.07, 6.45) is 4.69. The van der Waals surface area contributed by atoms with Crippen LogP contribution in [0, 0.1) is 13.8 Å². The highest BCUT2D eigenvalue weighted by Crippen LogP contribution is 2.29. The van der Waals surface area contributed by atoms with E-state index in [1.807, 2.05) is 0 Å². The van der Waals surface area contributed by atoms with E-state index in [9.17, 15) is 0 Å². The molecule has 0 heteroatoms. The van der Waals surface area contributed by atoms with Crippen LogP contribution in [0.3, 0.4) is 0 Å². The predicted octanol–water partition coefficient (Wildman–Crippen LogP) is 4.55. The van der Waals surface area contributed by atoms with Crippen LogP contribution < -0.4 is 0 Å². The zero-order valence-electron chi connectivity index (χ0n) is 11.8. The summed E-state index contributed by atoms with van der Waals surface area (Å²) in [5, 5.41) is 0. The molecule has 90 valence electrons. The molecule has 0 spiro atoms. The summed E-state index contributed by atoms with van der Waals surface area (Å²) >= 11 is 0. The van der Waals surface area contributed by atoms with Crippen LogP contribution in [0.4, 0.5) is 0 Å². The zero-order chi connectivity index (χ0) is 12.3. The highest BCUT2D eigenvalue weighted by atomic mass is 14.2. The van der Waals surface area contributed by atoms with E-state index in [4.69, 9.17) is 0 Å². The second-order valence-electron chi connectivity index (χ2n) is 4.58. The average molecular weight is 218 g/mol. The summed E-state index contributed by atoms with van der Waals surface area (Å²) < 4.78 is 0. The molecule has 16 heavy (non-hydrogen) atoms. The van der Waals surface area contributed by atoms with E-state index >= 15 is 0 Å². The maximum absolute atomic E-state index is 2.31. The molecule has 0 bridgehead atoms. The van der Waals surface area contributed by atoms with Crippen molar-refractivity contribution in [2.45, 2.75) is 67.2 Å². The van der Waals surface area contributed by atoms with Crippen LogP contribution in [0.5, 0.6) is 0 Å². The van der Waals surface area contributed by atoms with Gasteiger partial charge in [-0.3, -0.25) is 0 Å². The molecule has 0 aromatic heterocycles. The summed E-state index contributed by atoms with van der Waals surface area (Å²) in [5.74, 6) is 0. The standard InChI is InChI=1S/C16H26/c1-7-13-11(5)15(9-3)16(10-4)12(6)14(13)8-2/h7-10H2,1-6H3. The van der Waals surface area contributed by atoms with Crippen molar-refractivity contribution >= 4 is 0 Å². The minimum atomic E-state index is 1.17. The van der Waals surface area contributed by atoms with E-state index in [0.29, 0.717) is 0 Å². The first-order chi connectivity index (χ1) is 7.62. The van der Waals surface area contributed by atoms with Gasteiger partial charge in [-0.15, -0.1) is 0 Å². The lowest BCUT2D eigenvalue weighted by Gasteiger charge is -2.22. The van der Waals surface area contributed by atoms with Gasteiger partial charge in [-0.2, -0.15) is 0 Å². The molecule has 0 amide bonds. The van der Waals surface area contributed by atoms with Crippen LogP contribution in [-0.2, 0) is 25.7 Å². The van der Waals surface area contributed by atoms with E-state index in [1.54, 1.807) is 33.4 Å². The first kappa shape index (κ1) is 13.3. The highest BCUT2D eigenvalue weighted by molar-refractivity contribution is 5.51. The van der Waals surface area contributed by atoms with E-state index in [0.717, 1.165) is 0 Å². The Morgan fingerprint density at radius 1 is 0.500 bits per heavy atom. The second kappa shape index (κ2) is 5.52. The van der Waals surface area contributed by atoms with Crippen LogP contribution in [0.15, 0.2) is 0 Å². The average Bonchev–Trinajstić information content (AvgIpc) is 2.30. The maximum Gasteiger partial charge on any atom is -0.0302 e. The molecule has 0 radical (unpaired) electrons. The van der Waals surface area contributed by atoms with Gasteiger partial charge in [0.2, 0.25) is 0 Å². The highest BCUT2D eigenvalue weighted by Gasteiger charge is 2.14. The Balaban J connectivity index is 3.60. The summed E-state index contributed by atoms with van der Waals surface area (Å²) in [7, 11) is 0. The lowest BCUT2D eigenvalue weighted by atomic mass is 9.84. The molecule has 1 aromatic carbocycles. The summed E-state index contributed by atoms with van der Waals surface area (Å²) in [5.41, 5.74) is 9.54. The number of rotatable bonds is 4. The normalized spacial score (nSPS) is 10.9. The van der Waals surface area contributed by atoms with Crippen LogP contribution >= 0.6 is 0 Å². The lowest BCUT2D eigenvalue weighted by molar-refractivity contribution is 0.927. The van der Waals surface area contributed by atoms with Gasteiger partial charge in [0.05, 0.1) is 0 Å². The van der Waals surface area contributed by atoms with E-state index < -0.39 is 0 Å². The minimum Gasteiger partial charge on any atom is -0.0613 e. The van der Waals surface area contributed by atoms with Gasteiger partial charge >= 0.3 is 0 Å². The van der Waals surface area contributed by atoms with Crippen LogP contribution in [-0.4, -0.2) is 0 Å². The van der Waals surface area contributed by atoms with Crippen molar-refractivity contribution in [1.82, 2.24) is 0 Å². The van der Waals surface area contributed by atoms with Gasteiger partial charge in [0, 0.05) is 0 Å². The van der Waals surface area contributed by atoms with Gasteiger partial charge in [-0.25, -0.2) is 0 Å². The van der Waals surface area contributed by atoms with Gasteiger partial charge in [0.25, 0.3) is 0 Å². The van der Waals surface area contributed by atoms with Crippen molar-refractivity contribution < 1.29 is 0 Å². The molecule has 0 unspecified atom stereocenters. The SMILES string of the molecule is CCc1c(C)c(CC)c(CC)c(C)c1CC. The van der Waals surface area contributed by atoms with E-state index in [1.165, 1.54) is 25.7 Å². The molecule has 0 heterocycles. The van der Waals surface area contributed by atoms with E-state index in [2.05, 4.69) is 41.5 Å². The maximum atomic E-state index is 2.31. The van der Waals surface area contributed by atoms with E-state index in [-0.39, 0.29) is 0 Å². The largest absolute Gasteiger partial charge is 0.0613 e. The van der Waals surface area contributed by atoms with Gasteiger partial charge < -0.3 is 0 Å². The lowest BCUT2D eigenvalue weighted by Crippen LogP contribution is -2.08. The van der Waals surface area contributed by atoms with Crippen LogP contribution in [0.25, 0.3) is 0 Å². The Bertz CT molecular complexity index is 302. The van der Waals surface area contributed by atoms with Gasteiger partial charge in [0.1, 0.15) is 0 Å². The van der Waals surface area contributed by atoms with Crippen molar-refractivity contribution in [3.63, 3.8) is 0 Å². The van der Waals surface area contributed by atoms with Gasteiger partial charge in [-0.1, -0.05) is 27.7 Å². The Morgan fingerprint density at radius 3 is 0.812 bits per heavy atom. The second-order valence-corrected chi connectivity index (χ2v) is 4.58. The number of benzene rings is 1. The van der Waals surface area contributed by atoms with Crippen LogP contribution in [0.1, 0.15) is 61.1 Å². The van der Waals surface area contributed by atoms with Crippen molar-refractivity contribution in [1.29, 1.82) is 0 Å². The minimum absolute atomic E-state index is 1.17. The van der Waals surface area contributed by atoms with Crippen molar-refractivity contribution in [3.8, 4) is 0 Å². The van der Waals surface area contributed by atoms with Crippen molar-refractivity contribution in [3.05, 3.63) is 33.4 Å². The smallest absolute Gasteiger partial charge is 0.0302 e. The van der Waals surface area contributed by atoms with Crippen molar-refractivity contribution in [2.75, 3.05) is 0 Å². The Morgan fingerprint density at radius 2 is 0.688 bits per heavy atom. The van der Waals surface area contributed by atoms with Crippen LogP contribution in [0.2, 0.25) is 0 Å². The summed E-state index contributed by atoms with van der Waals surface area (Å²) in [6.45, 7) is 13.8. The molecule has 0 saturated carbocycles. The third-order valence-electron chi connectivity index (χ3n) is 3.95. The third-order valence-corrected chi connectivity index (χ3v) is 3.95. The molecule has 0 fully saturated rings. The molecular formula is C16H26. The monoisotopic (exact) mass is 218 g/mol. The summed E-state index contributed by atoms with van der Waals surface area (Å²) in [6, 6.07) is 0. The zero-order valence-corrected chi connectivity index (χ0v) is 11.8. The molecule has 0 saturated heterocycles. The molecule has 1 aromatic rings. The molecule has 0 N–H and O–H groups in total. The molecule has 0 aliphatic carbocycles. The molecule has 0 aliphatic heterocycles. The Kier molecular flexibility index (Phi) is 4.58. The molecular weight excluding hydrogens is 192 g/mol. The fourth-order valence-electron chi connectivity index (χ4n) is 3.18. The Labute approximate surface area is 101 Å². The van der Waals surface area contributed by atoms with Crippen molar-refractivity contribution in [2.24, 2.45) is 0 Å². The first-order valence-electron chi connectivity index (χ1n) is 6.74. The number of hydrogen-bond acceptors (Lipinski definition) is 0. The fourth-order valence-corrected chi connectivity index (χ4v) is 3.18. The topological polar surface area (TPSA) is 0 Å². The first-order valence-corrected chi connectivity index (χ1v) is 6.74. The quantitative estimate of drug-likeness (QED) is 0.695. The Hall–Kier alpha value is -0.780. The third kappa shape index (κ3) is 2.03. The molecule has 0 aliphatic rings.